The van der Waals surface area contributed by atoms with Crippen molar-refractivity contribution in [1.82, 2.24) is 14.2 Å². The number of halogens is 3. The second-order valence-corrected chi connectivity index (χ2v) is 7.22. The summed E-state index contributed by atoms with van der Waals surface area (Å²) in [5, 5.41) is 13.4. The van der Waals surface area contributed by atoms with Crippen LogP contribution in [0.25, 0.3) is 0 Å². The van der Waals surface area contributed by atoms with Gasteiger partial charge in [-0.05, 0) is 32.4 Å². The molecule has 7 nitrogen and oxygen atoms in total. The molecule has 0 aliphatic carbocycles. The van der Waals surface area contributed by atoms with Crippen LogP contribution in [-0.2, 0) is 16.6 Å². The van der Waals surface area contributed by atoms with Crippen LogP contribution in [0.5, 0.6) is 0 Å². The lowest BCUT2D eigenvalue weighted by atomic mass is 10.1. The van der Waals surface area contributed by atoms with Gasteiger partial charge in [-0.3, -0.25) is 4.68 Å². The van der Waals surface area contributed by atoms with Crippen LogP contribution in [0, 0.1) is 6.92 Å². The molecule has 22 heavy (non-hydrogen) atoms. The second-order valence-electron chi connectivity index (χ2n) is 5.01. The van der Waals surface area contributed by atoms with Crippen molar-refractivity contribution >= 4 is 27.3 Å². The van der Waals surface area contributed by atoms with Gasteiger partial charge in [0.1, 0.15) is 4.90 Å². The molecule has 0 amide bonds. The van der Waals surface area contributed by atoms with Gasteiger partial charge in [-0.2, -0.15) is 27.4 Å². The molecule has 1 aliphatic heterocycles. The number of aryl methyl sites for hydroxylation is 2. The van der Waals surface area contributed by atoms with E-state index < -0.39 is 27.6 Å². The molecular weight excluding hydrogens is 342 g/mol. The van der Waals surface area contributed by atoms with Crippen LogP contribution in [0.2, 0.25) is 0 Å². The monoisotopic (exact) mass is 356 g/mol. The highest BCUT2D eigenvalue weighted by Gasteiger charge is 2.62. The van der Waals surface area contributed by atoms with E-state index in [4.69, 9.17) is 11.6 Å². The lowest BCUT2D eigenvalue weighted by Gasteiger charge is -2.34. The number of hydrazone groups is 1. The summed E-state index contributed by atoms with van der Waals surface area (Å²) in [4.78, 5) is -0.313. The smallest absolute Gasteiger partial charge is 0.363 e. The molecule has 0 unspecified atom stereocenters. The lowest BCUT2D eigenvalue weighted by Crippen LogP contribution is -2.56. The predicted octanol–water partition coefficient (Wildman–Crippen LogP) is 1.50. The highest BCUT2D eigenvalue weighted by molar-refractivity contribution is 7.89. The van der Waals surface area contributed by atoms with Crippen LogP contribution in [0.4, 0.5) is 8.78 Å². The Labute approximate surface area is 131 Å². The van der Waals surface area contributed by atoms with Gasteiger partial charge in [0.25, 0.3) is 15.7 Å². The second kappa shape index (κ2) is 5.14. The molecule has 2 rings (SSSR count). The Morgan fingerprint density at radius 3 is 2.55 bits per heavy atom. The normalized spacial score (nSPS) is 23.0. The number of aliphatic hydroxyl groups is 1. The maximum absolute atomic E-state index is 13.6. The molecule has 1 atom stereocenters. The number of sulfonamides is 1. The van der Waals surface area contributed by atoms with Gasteiger partial charge in [-0.25, -0.2) is 0 Å². The number of alkyl halides is 3. The molecule has 0 aromatic carbocycles. The van der Waals surface area contributed by atoms with Crippen LogP contribution in [0.1, 0.15) is 26.0 Å². The maximum Gasteiger partial charge on any atom is 0.371 e. The van der Waals surface area contributed by atoms with E-state index in [1.165, 1.54) is 24.7 Å². The molecule has 0 fully saturated rings. The third kappa shape index (κ3) is 2.48. The number of aromatic nitrogens is 2. The van der Waals surface area contributed by atoms with Crippen molar-refractivity contribution in [2.24, 2.45) is 5.10 Å². The van der Waals surface area contributed by atoms with E-state index in [1.54, 1.807) is 6.92 Å². The minimum absolute atomic E-state index is 0.0203. The fourth-order valence-corrected chi connectivity index (χ4v) is 4.04. The van der Waals surface area contributed by atoms with Crippen molar-refractivity contribution in [2.45, 2.75) is 49.7 Å². The molecular formula is C11H15ClF2N4O3S. The quantitative estimate of drug-likeness (QED) is 0.828. The zero-order valence-electron chi connectivity index (χ0n) is 12.1. The Morgan fingerprint density at radius 2 is 2.09 bits per heavy atom. The van der Waals surface area contributed by atoms with Gasteiger partial charge < -0.3 is 5.11 Å². The van der Waals surface area contributed by atoms with Gasteiger partial charge in [0.2, 0.25) is 0 Å². The summed E-state index contributed by atoms with van der Waals surface area (Å²) >= 11 is 4.92. The van der Waals surface area contributed by atoms with Gasteiger partial charge in [0, 0.05) is 24.9 Å². The third-order valence-corrected chi connectivity index (χ3v) is 5.36. The van der Waals surface area contributed by atoms with Gasteiger partial charge in [0.05, 0.1) is 5.69 Å². The summed E-state index contributed by atoms with van der Waals surface area (Å²) < 4.78 is 53.7. The van der Waals surface area contributed by atoms with Crippen molar-refractivity contribution in [1.29, 1.82) is 0 Å². The van der Waals surface area contributed by atoms with E-state index in [1.807, 2.05) is 0 Å². The lowest BCUT2D eigenvalue weighted by molar-refractivity contribution is -0.175. The Kier molecular flexibility index (Phi) is 3.99. The Hall–Kier alpha value is -1.26. The first-order valence-electron chi connectivity index (χ1n) is 6.36. The molecule has 11 heteroatoms. The van der Waals surface area contributed by atoms with E-state index in [9.17, 15) is 22.3 Å². The number of rotatable bonds is 4. The van der Waals surface area contributed by atoms with Crippen LogP contribution >= 0.6 is 11.6 Å². The molecule has 0 saturated heterocycles. The predicted molar refractivity (Wildman–Crippen MR) is 75.1 cm³/mol. The minimum atomic E-state index is -4.53. The Balaban J connectivity index is 2.58. The molecule has 1 aromatic rings. The average Bonchev–Trinajstić information content (AvgIpc) is 2.90. The molecule has 1 aromatic heterocycles. The first-order valence-corrected chi connectivity index (χ1v) is 8.18. The van der Waals surface area contributed by atoms with Crippen molar-refractivity contribution in [2.75, 3.05) is 0 Å². The summed E-state index contributed by atoms with van der Waals surface area (Å²) in [5.74, 6) is 0. The van der Waals surface area contributed by atoms with E-state index in [-0.39, 0.29) is 20.7 Å². The Morgan fingerprint density at radius 1 is 1.50 bits per heavy atom. The Bertz CT molecular complexity index is 728. The van der Waals surface area contributed by atoms with Gasteiger partial charge in [-0.1, -0.05) is 0 Å². The zero-order chi connectivity index (χ0) is 16.9. The SMILES string of the molecule is CCn1cc(S(=O)(=O)N2N=C(C)C[C@]2(O)C(F)(F)Cl)c(C)n1. The van der Waals surface area contributed by atoms with Crippen molar-refractivity contribution in [3.63, 3.8) is 0 Å². The van der Waals surface area contributed by atoms with E-state index in [0.29, 0.717) is 6.54 Å². The number of hydrogen-bond donors (Lipinski definition) is 1. The largest absolute Gasteiger partial charge is 0.371 e. The van der Waals surface area contributed by atoms with Crippen LogP contribution in [0.15, 0.2) is 16.2 Å². The van der Waals surface area contributed by atoms with Crippen molar-refractivity contribution < 1.29 is 22.3 Å². The summed E-state index contributed by atoms with van der Waals surface area (Å²) in [6.07, 6.45) is 0.504. The summed E-state index contributed by atoms with van der Waals surface area (Å²) in [7, 11) is -4.53. The van der Waals surface area contributed by atoms with Crippen LogP contribution < -0.4 is 0 Å². The van der Waals surface area contributed by atoms with Crippen molar-refractivity contribution in [3.05, 3.63) is 11.9 Å². The van der Waals surface area contributed by atoms with E-state index in [2.05, 4.69) is 10.2 Å². The highest BCUT2D eigenvalue weighted by atomic mass is 35.5. The molecule has 0 radical (unpaired) electrons. The van der Waals surface area contributed by atoms with Crippen molar-refractivity contribution in [3.8, 4) is 0 Å². The van der Waals surface area contributed by atoms with Crippen LogP contribution in [-0.4, -0.2) is 44.5 Å². The number of hydrogen-bond acceptors (Lipinski definition) is 5. The number of nitrogens with zero attached hydrogens (tertiary/aromatic N) is 4. The molecule has 0 bridgehead atoms. The average molecular weight is 357 g/mol. The third-order valence-electron chi connectivity index (χ3n) is 3.27. The van der Waals surface area contributed by atoms with E-state index in [0.717, 1.165) is 0 Å². The molecule has 2 heterocycles. The van der Waals surface area contributed by atoms with E-state index >= 15 is 0 Å². The first kappa shape index (κ1) is 17.1. The molecule has 124 valence electrons. The standard InChI is InChI=1S/C11H15ClF2N4O3S/c1-4-17-6-9(8(3)16-17)22(20,21)18-10(19,11(12,13)14)5-7(2)15-18/h6,19H,4-5H2,1-3H3/t10-/m0/s1. The fraction of sp³-hybridized carbons (Fsp3) is 0.636. The summed E-state index contributed by atoms with van der Waals surface area (Å²) in [6.45, 7) is 4.88. The summed E-state index contributed by atoms with van der Waals surface area (Å²) in [6, 6.07) is 0. The minimum Gasteiger partial charge on any atom is -0.363 e. The van der Waals surface area contributed by atoms with Gasteiger partial charge in [-0.15, -0.1) is 4.41 Å². The topological polar surface area (TPSA) is 87.8 Å². The molecule has 0 spiro atoms. The fourth-order valence-electron chi connectivity index (χ4n) is 2.17. The summed E-state index contributed by atoms with van der Waals surface area (Å²) in [5.41, 5.74) is -3.02. The zero-order valence-corrected chi connectivity index (χ0v) is 13.7. The van der Waals surface area contributed by atoms with Crippen LogP contribution in [0.3, 0.4) is 0 Å². The maximum atomic E-state index is 13.6. The molecule has 1 aliphatic rings. The van der Waals surface area contributed by atoms with Gasteiger partial charge in [0.15, 0.2) is 0 Å². The first-order chi connectivity index (χ1) is 9.93. The molecule has 0 saturated carbocycles. The highest BCUT2D eigenvalue weighted by Crippen LogP contribution is 2.44. The molecule has 1 N–H and O–H groups in total. The van der Waals surface area contributed by atoms with Gasteiger partial charge >= 0.3 is 5.38 Å².